The first-order valence-corrected chi connectivity index (χ1v) is 7.06. The smallest absolute Gasteiger partial charge is 0.254 e. The molecule has 0 spiro atoms. The lowest BCUT2D eigenvalue weighted by Crippen LogP contribution is -2.27. The Balaban J connectivity index is 2.19. The summed E-state index contributed by atoms with van der Waals surface area (Å²) in [7, 11) is 1.82. The second kappa shape index (κ2) is 6.00. The van der Waals surface area contributed by atoms with E-state index in [0.29, 0.717) is 17.8 Å². The third-order valence-corrected chi connectivity index (χ3v) is 3.73. The maximum atomic E-state index is 12.6. The Morgan fingerprint density at radius 2 is 1.67 bits per heavy atom. The van der Waals surface area contributed by atoms with Crippen LogP contribution in [0.2, 0.25) is 0 Å². The molecular formula is C18H22N2O. The van der Waals surface area contributed by atoms with Gasteiger partial charge in [-0.1, -0.05) is 35.9 Å². The van der Waals surface area contributed by atoms with Crippen molar-refractivity contribution in [1.29, 1.82) is 0 Å². The molecule has 0 radical (unpaired) electrons. The molecule has 0 heterocycles. The van der Waals surface area contributed by atoms with Crippen LogP contribution in [-0.4, -0.2) is 17.9 Å². The molecule has 0 aliphatic heterocycles. The summed E-state index contributed by atoms with van der Waals surface area (Å²) in [5, 5.41) is 0. The highest BCUT2D eigenvalue weighted by molar-refractivity contribution is 5.96. The van der Waals surface area contributed by atoms with Crippen LogP contribution in [0, 0.1) is 20.8 Å². The Morgan fingerprint density at radius 1 is 1.05 bits per heavy atom. The van der Waals surface area contributed by atoms with Gasteiger partial charge in [0.25, 0.3) is 5.91 Å². The van der Waals surface area contributed by atoms with Crippen molar-refractivity contribution in [2.75, 3.05) is 12.8 Å². The van der Waals surface area contributed by atoms with Crippen LogP contribution in [0.15, 0.2) is 36.4 Å². The Morgan fingerprint density at radius 3 is 2.29 bits per heavy atom. The number of nitrogen functional groups attached to an aromatic ring is 1. The Bertz CT molecular complexity index is 660. The molecule has 0 saturated heterocycles. The van der Waals surface area contributed by atoms with Crippen LogP contribution in [0.5, 0.6) is 0 Å². The number of hydrogen-bond acceptors (Lipinski definition) is 2. The van der Waals surface area contributed by atoms with E-state index in [1.165, 1.54) is 5.56 Å². The molecule has 0 atom stereocenters. The van der Waals surface area contributed by atoms with Gasteiger partial charge < -0.3 is 10.6 Å². The minimum Gasteiger partial charge on any atom is -0.398 e. The zero-order chi connectivity index (χ0) is 15.6. The predicted molar refractivity (Wildman–Crippen MR) is 87.3 cm³/mol. The number of anilines is 1. The molecule has 3 nitrogen and oxygen atoms in total. The monoisotopic (exact) mass is 282 g/mol. The second-order valence-corrected chi connectivity index (χ2v) is 5.67. The molecule has 2 rings (SSSR count). The molecule has 1 amide bonds. The first-order chi connectivity index (χ1) is 9.88. The quantitative estimate of drug-likeness (QED) is 0.876. The van der Waals surface area contributed by atoms with Gasteiger partial charge in [0.2, 0.25) is 0 Å². The summed E-state index contributed by atoms with van der Waals surface area (Å²) in [5.74, 6) is -0.000208. The van der Waals surface area contributed by atoms with Crippen molar-refractivity contribution >= 4 is 11.6 Å². The van der Waals surface area contributed by atoms with Crippen molar-refractivity contribution in [2.45, 2.75) is 27.3 Å². The van der Waals surface area contributed by atoms with Gasteiger partial charge in [-0.05, 0) is 43.5 Å². The van der Waals surface area contributed by atoms with E-state index in [2.05, 4.69) is 31.2 Å². The molecule has 0 saturated carbocycles. The standard InChI is InChI=1S/C18H22N2O/c1-12-5-7-15(8-6-12)11-20(4)18(21)16-10-17(19)14(3)9-13(16)2/h5-10H,11,19H2,1-4H3. The summed E-state index contributed by atoms with van der Waals surface area (Å²) in [4.78, 5) is 14.3. The van der Waals surface area contributed by atoms with Crippen LogP contribution in [0.3, 0.4) is 0 Å². The highest BCUT2D eigenvalue weighted by Crippen LogP contribution is 2.19. The van der Waals surface area contributed by atoms with E-state index in [0.717, 1.165) is 16.7 Å². The maximum absolute atomic E-state index is 12.6. The number of hydrogen-bond donors (Lipinski definition) is 1. The normalized spacial score (nSPS) is 10.5. The van der Waals surface area contributed by atoms with E-state index in [9.17, 15) is 4.79 Å². The van der Waals surface area contributed by atoms with E-state index in [1.54, 1.807) is 11.0 Å². The number of nitrogens with zero attached hydrogens (tertiary/aromatic N) is 1. The lowest BCUT2D eigenvalue weighted by molar-refractivity contribution is 0.0784. The van der Waals surface area contributed by atoms with Crippen molar-refractivity contribution in [3.8, 4) is 0 Å². The summed E-state index contributed by atoms with van der Waals surface area (Å²) in [6.45, 7) is 6.54. The molecular weight excluding hydrogens is 260 g/mol. The fourth-order valence-corrected chi connectivity index (χ4v) is 2.34. The van der Waals surface area contributed by atoms with Crippen LogP contribution in [0.1, 0.15) is 32.6 Å². The summed E-state index contributed by atoms with van der Waals surface area (Å²) < 4.78 is 0. The highest BCUT2D eigenvalue weighted by Gasteiger charge is 2.15. The molecule has 0 bridgehead atoms. The molecule has 0 unspecified atom stereocenters. The van der Waals surface area contributed by atoms with Crippen LogP contribution in [0.25, 0.3) is 0 Å². The Hall–Kier alpha value is -2.29. The zero-order valence-electron chi connectivity index (χ0n) is 13.1. The number of nitrogens with two attached hydrogens (primary N) is 1. The number of carbonyl (C=O) groups excluding carboxylic acids is 1. The van der Waals surface area contributed by atoms with E-state index < -0.39 is 0 Å². The van der Waals surface area contributed by atoms with Crippen molar-refractivity contribution < 1.29 is 4.79 Å². The molecule has 2 N–H and O–H groups in total. The largest absolute Gasteiger partial charge is 0.398 e. The third kappa shape index (κ3) is 3.43. The minimum absolute atomic E-state index is 0.000208. The van der Waals surface area contributed by atoms with Crippen LogP contribution in [0.4, 0.5) is 5.69 Å². The molecule has 0 aromatic heterocycles. The molecule has 0 aliphatic carbocycles. The average Bonchev–Trinajstić information content (AvgIpc) is 2.44. The predicted octanol–water partition coefficient (Wildman–Crippen LogP) is 3.47. The first kappa shape index (κ1) is 15.1. The molecule has 21 heavy (non-hydrogen) atoms. The minimum atomic E-state index is -0.000208. The van der Waals surface area contributed by atoms with Crippen molar-refractivity contribution in [3.05, 3.63) is 64.2 Å². The molecule has 3 heteroatoms. The number of carbonyl (C=O) groups is 1. The van der Waals surface area contributed by atoms with Gasteiger partial charge in [0.1, 0.15) is 0 Å². The zero-order valence-corrected chi connectivity index (χ0v) is 13.1. The van der Waals surface area contributed by atoms with Gasteiger partial charge in [0, 0.05) is 24.8 Å². The average molecular weight is 282 g/mol. The van der Waals surface area contributed by atoms with Gasteiger partial charge in [-0.25, -0.2) is 0 Å². The van der Waals surface area contributed by atoms with E-state index in [1.807, 2.05) is 27.0 Å². The second-order valence-electron chi connectivity index (χ2n) is 5.67. The van der Waals surface area contributed by atoms with Crippen LogP contribution < -0.4 is 5.73 Å². The Labute approximate surface area is 126 Å². The van der Waals surface area contributed by atoms with E-state index >= 15 is 0 Å². The summed E-state index contributed by atoms with van der Waals surface area (Å²) in [6.07, 6.45) is 0. The molecule has 110 valence electrons. The number of rotatable bonds is 3. The first-order valence-electron chi connectivity index (χ1n) is 7.06. The fraction of sp³-hybridized carbons (Fsp3) is 0.278. The Kier molecular flexibility index (Phi) is 4.32. The molecule has 2 aromatic rings. The topological polar surface area (TPSA) is 46.3 Å². The number of amides is 1. The summed E-state index contributed by atoms with van der Waals surface area (Å²) in [5.41, 5.74) is 11.6. The van der Waals surface area contributed by atoms with Gasteiger partial charge >= 0.3 is 0 Å². The fourth-order valence-electron chi connectivity index (χ4n) is 2.34. The third-order valence-electron chi connectivity index (χ3n) is 3.73. The SMILES string of the molecule is Cc1ccc(CN(C)C(=O)c2cc(N)c(C)cc2C)cc1. The number of aryl methyl sites for hydroxylation is 3. The molecule has 0 aliphatic rings. The summed E-state index contributed by atoms with van der Waals surface area (Å²) in [6, 6.07) is 12.0. The van der Waals surface area contributed by atoms with E-state index in [4.69, 9.17) is 5.73 Å². The molecule has 2 aromatic carbocycles. The maximum Gasteiger partial charge on any atom is 0.254 e. The van der Waals surface area contributed by atoms with Crippen molar-refractivity contribution in [1.82, 2.24) is 4.90 Å². The van der Waals surface area contributed by atoms with E-state index in [-0.39, 0.29) is 5.91 Å². The number of benzene rings is 2. The lowest BCUT2D eigenvalue weighted by Gasteiger charge is -2.19. The van der Waals surface area contributed by atoms with Gasteiger partial charge in [-0.3, -0.25) is 4.79 Å². The molecule has 0 fully saturated rings. The van der Waals surface area contributed by atoms with Gasteiger partial charge in [0.15, 0.2) is 0 Å². The highest BCUT2D eigenvalue weighted by atomic mass is 16.2. The van der Waals surface area contributed by atoms with Crippen LogP contribution >= 0.6 is 0 Å². The van der Waals surface area contributed by atoms with Gasteiger partial charge in [0.05, 0.1) is 0 Å². The van der Waals surface area contributed by atoms with Crippen molar-refractivity contribution in [2.24, 2.45) is 0 Å². The summed E-state index contributed by atoms with van der Waals surface area (Å²) >= 11 is 0. The van der Waals surface area contributed by atoms with Crippen molar-refractivity contribution in [3.63, 3.8) is 0 Å². The van der Waals surface area contributed by atoms with Gasteiger partial charge in [-0.15, -0.1) is 0 Å². The lowest BCUT2D eigenvalue weighted by atomic mass is 10.0. The van der Waals surface area contributed by atoms with Crippen LogP contribution in [-0.2, 0) is 6.54 Å². The van der Waals surface area contributed by atoms with Gasteiger partial charge in [-0.2, -0.15) is 0 Å².